The van der Waals surface area contributed by atoms with Crippen molar-refractivity contribution in [2.75, 3.05) is 6.61 Å². The first-order valence-corrected chi connectivity index (χ1v) is 12.2. The van der Waals surface area contributed by atoms with Crippen LogP contribution in [0.5, 0.6) is 5.75 Å². The van der Waals surface area contributed by atoms with E-state index in [-0.39, 0.29) is 12.4 Å². The smallest absolute Gasteiger partial charge is 0.310 e. The minimum Gasteiger partial charge on any atom is -0.486 e. The minimum atomic E-state index is -0.217. The molecule has 0 spiro atoms. The Morgan fingerprint density at radius 3 is 2.62 bits per heavy atom. The van der Waals surface area contributed by atoms with Crippen LogP contribution >= 0.6 is 11.3 Å². The number of fused-ring (bicyclic) bond motifs is 2. The van der Waals surface area contributed by atoms with Gasteiger partial charge in [0.2, 0.25) is 0 Å². The van der Waals surface area contributed by atoms with Gasteiger partial charge in [-0.25, -0.2) is 4.98 Å². The first kappa shape index (κ1) is 22.2. The van der Waals surface area contributed by atoms with E-state index in [4.69, 9.17) is 9.47 Å². The number of hydrogen-bond acceptors (Lipinski definition) is 5. The van der Waals surface area contributed by atoms with Crippen LogP contribution in [0.4, 0.5) is 0 Å². The third-order valence-corrected chi connectivity index (χ3v) is 6.95. The number of para-hydroxylation sites is 1. The molecule has 5 rings (SSSR count). The van der Waals surface area contributed by atoms with Gasteiger partial charge in [0.15, 0.2) is 0 Å². The molecule has 0 N–H and O–H groups in total. The number of carbonyl (C=O) groups is 1. The third kappa shape index (κ3) is 4.54. The van der Waals surface area contributed by atoms with Crippen LogP contribution in [0, 0.1) is 6.92 Å². The lowest BCUT2D eigenvalue weighted by Gasteiger charge is -2.09. The Balaban J connectivity index is 1.47. The van der Waals surface area contributed by atoms with E-state index in [0.29, 0.717) is 13.2 Å². The van der Waals surface area contributed by atoms with E-state index in [1.165, 1.54) is 5.56 Å². The molecule has 3 aromatic carbocycles. The molecule has 0 saturated heterocycles. The molecule has 0 unspecified atom stereocenters. The molecule has 2 aromatic heterocycles. The van der Waals surface area contributed by atoms with Crippen molar-refractivity contribution in [1.82, 2.24) is 9.55 Å². The minimum absolute atomic E-state index is 0.217. The summed E-state index contributed by atoms with van der Waals surface area (Å²) < 4.78 is 14.8. The molecule has 0 aliphatic carbocycles. The molecule has 172 valence electrons. The van der Waals surface area contributed by atoms with E-state index in [1.54, 1.807) is 11.3 Å². The number of ether oxygens (including phenoxy) is 2. The Morgan fingerprint density at radius 2 is 1.82 bits per heavy atom. The average Bonchev–Trinajstić information content (AvgIpc) is 3.38. The first-order valence-electron chi connectivity index (χ1n) is 11.4. The molecule has 0 aliphatic rings. The van der Waals surface area contributed by atoms with Gasteiger partial charge in [0.05, 0.1) is 23.2 Å². The maximum Gasteiger partial charge on any atom is 0.310 e. The molecule has 34 heavy (non-hydrogen) atoms. The van der Waals surface area contributed by atoms with Crippen molar-refractivity contribution in [3.63, 3.8) is 0 Å². The second kappa shape index (κ2) is 9.69. The normalized spacial score (nSPS) is 11.2. The van der Waals surface area contributed by atoms with E-state index >= 15 is 0 Å². The molecule has 2 heterocycles. The highest BCUT2D eigenvalue weighted by molar-refractivity contribution is 7.18. The Hall–Kier alpha value is -3.64. The van der Waals surface area contributed by atoms with Crippen LogP contribution in [0.15, 0.2) is 72.8 Å². The van der Waals surface area contributed by atoms with Gasteiger partial charge >= 0.3 is 5.97 Å². The zero-order valence-corrected chi connectivity index (χ0v) is 20.1. The summed E-state index contributed by atoms with van der Waals surface area (Å²) in [5.41, 5.74) is 5.33. The molecule has 0 fully saturated rings. The van der Waals surface area contributed by atoms with Gasteiger partial charge in [-0.1, -0.05) is 42.5 Å². The summed E-state index contributed by atoms with van der Waals surface area (Å²) in [6, 6.07) is 24.5. The summed E-state index contributed by atoms with van der Waals surface area (Å²) in [7, 11) is 0. The Morgan fingerprint density at radius 1 is 1.03 bits per heavy atom. The van der Waals surface area contributed by atoms with Crippen LogP contribution in [-0.2, 0) is 29.1 Å². The molecule has 0 radical (unpaired) electrons. The number of nitrogens with zero attached hydrogens (tertiary/aromatic N) is 2. The van der Waals surface area contributed by atoms with Crippen LogP contribution in [-0.4, -0.2) is 22.1 Å². The molecular weight excluding hydrogens is 444 g/mol. The zero-order chi connectivity index (χ0) is 23.5. The summed E-state index contributed by atoms with van der Waals surface area (Å²) >= 11 is 1.64. The average molecular weight is 471 g/mol. The largest absolute Gasteiger partial charge is 0.486 e. The van der Waals surface area contributed by atoms with Gasteiger partial charge in [0.25, 0.3) is 0 Å². The van der Waals surface area contributed by atoms with Crippen LogP contribution < -0.4 is 4.74 Å². The highest BCUT2D eigenvalue weighted by Gasteiger charge is 2.18. The fourth-order valence-corrected chi connectivity index (χ4v) is 5.18. The number of esters is 1. The standard InChI is InChI=1S/C28H26N2O3S/c1-3-32-28(31)16-22-19(2)30(17-20-9-5-4-6-10-20)25-14-13-21(15-23(22)25)33-18-27-29-24-11-7-8-12-26(24)34-27/h4-15H,3,16-18H2,1-2H3. The summed E-state index contributed by atoms with van der Waals surface area (Å²) in [5, 5.41) is 1.95. The van der Waals surface area contributed by atoms with Crippen LogP contribution in [0.25, 0.3) is 21.1 Å². The SMILES string of the molecule is CCOC(=O)Cc1c(C)n(Cc2ccccc2)c2ccc(OCc3nc4ccccc4s3)cc12. The van der Waals surface area contributed by atoms with Crippen molar-refractivity contribution >= 4 is 38.4 Å². The van der Waals surface area contributed by atoms with E-state index in [2.05, 4.69) is 40.7 Å². The molecule has 5 nitrogen and oxygen atoms in total. The summed E-state index contributed by atoms with van der Waals surface area (Å²) in [4.78, 5) is 17.0. The highest BCUT2D eigenvalue weighted by Crippen LogP contribution is 2.31. The van der Waals surface area contributed by atoms with Crippen molar-refractivity contribution in [3.05, 3.63) is 94.6 Å². The second-order valence-electron chi connectivity index (χ2n) is 8.16. The van der Waals surface area contributed by atoms with Crippen molar-refractivity contribution in [1.29, 1.82) is 0 Å². The zero-order valence-electron chi connectivity index (χ0n) is 19.3. The third-order valence-electron chi connectivity index (χ3n) is 5.94. The number of aromatic nitrogens is 2. The molecule has 0 aliphatic heterocycles. The number of carbonyl (C=O) groups excluding carboxylic acids is 1. The number of benzene rings is 3. The van der Waals surface area contributed by atoms with E-state index < -0.39 is 0 Å². The van der Waals surface area contributed by atoms with Crippen LogP contribution in [0.2, 0.25) is 0 Å². The van der Waals surface area contributed by atoms with Crippen molar-refractivity contribution in [2.45, 2.75) is 33.4 Å². The lowest BCUT2D eigenvalue weighted by molar-refractivity contribution is -0.142. The summed E-state index contributed by atoms with van der Waals surface area (Å²) in [6.45, 7) is 5.41. The van der Waals surface area contributed by atoms with Gasteiger partial charge in [0.1, 0.15) is 17.4 Å². The molecule has 0 amide bonds. The lowest BCUT2D eigenvalue weighted by atomic mass is 10.1. The monoisotopic (exact) mass is 470 g/mol. The molecule has 0 bridgehead atoms. The maximum absolute atomic E-state index is 12.4. The first-order chi connectivity index (χ1) is 16.6. The second-order valence-corrected chi connectivity index (χ2v) is 9.28. The Labute approximate surface area is 202 Å². The van der Waals surface area contributed by atoms with Gasteiger partial charge < -0.3 is 14.0 Å². The predicted octanol–water partition coefficient (Wildman–Crippen LogP) is 6.29. The lowest BCUT2D eigenvalue weighted by Crippen LogP contribution is -2.09. The maximum atomic E-state index is 12.4. The molecule has 6 heteroatoms. The van der Waals surface area contributed by atoms with Crippen LogP contribution in [0.1, 0.15) is 28.8 Å². The Kier molecular flexibility index (Phi) is 6.32. The van der Waals surface area contributed by atoms with Gasteiger partial charge in [0, 0.05) is 23.1 Å². The van der Waals surface area contributed by atoms with Gasteiger partial charge in [-0.2, -0.15) is 0 Å². The van der Waals surface area contributed by atoms with Gasteiger partial charge in [-0.3, -0.25) is 4.79 Å². The molecule has 0 atom stereocenters. The van der Waals surface area contributed by atoms with E-state index in [1.807, 2.05) is 55.5 Å². The van der Waals surface area contributed by atoms with E-state index in [0.717, 1.165) is 49.7 Å². The van der Waals surface area contributed by atoms with Crippen LogP contribution in [0.3, 0.4) is 0 Å². The van der Waals surface area contributed by atoms with Crippen molar-refractivity contribution in [2.24, 2.45) is 0 Å². The fraction of sp³-hybridized carbons (Fsp3) is 0.214. The highest BCUT2D eigenvalue weighted by atomic mass is 32.1. The van der Waals surface area contributed by atoms with Gasteiger partial charge in [-0.15, -0.1) is 11.3 Å². The molecule has 5 aromatic rings. The van der Waals surface area contributed by atoms with Gasteiger partial charge in [-0.05, 0) is 55.3 Å². The predicted molar refractivity (Wildman–Crippen MR) is 137 cm³/mol. The number of hydrogen-bond donors (Lipinski definition) is 0. The van der Waals surface area contributed by atoms with E-state index in [9.17, 15) is 4.79 Å². The summed E-state index contributed by atoms with van der Waals surface area (Å²) in [5.74, 6) is 0.541. The number of thiazole rings is 1. The Bertz CT molecular complexity index is 1420. The summed E-state index contributed by atoms with van der Waals surface area (Å²) in [6.07, 6.45) is 0.235. The molecular formula is C28H26N2O3S. The fourth-order valence-electron chi connectivity index (χ4n) is 4.30. The van der Waals surface area contributed by atoms with Crippen molar-refractivity contribution < 1.29 is 14.3 Å². The number of rotatable bonds is 8. The quantitative estimate of drug-likeness (QED) is 0.250. The van der Waals surface area contributed by atoms with Crippen molar-refractivity contribution in [3.8, 4) is 5.75 Å². The topological polar surface area (TPSA) is 53.4 Å². The molecule has 0 saturated carbocycles.